The Balaban J connectivity index is 1.72. The van der Waals surface area contributed by atoms with Gasteiger partial charge < -0.3 is 9.64 Å². The number of ether oxygens (including phenoxy) is 1. The monoisotopic (exact) mass is 306 g/mol. The summed E-state index contributed by atoms with van der Waals surface area (Å²) >= 11 is 0. The van der Waals surface area contributed by atoms with E-state index in [1.54, 1.807) is 11.0 Å². The first-order chi connectivity index (χ1) is 10.6. The molecule has 0 saturated carbocycles. The van der Waals surface area contributed by atoms with Crippen LogP contribution in [0.4, 0.5) is 9.18 Å². The minimum Gasteiger partial charge on any atom is -0.449 e. The summed E-state index contributed by atoms with van der Waals surface area (Å²) < 4.78 is 18.4. The number of hydrogen-bond acceptors (Lipinski definition) is 3. The van der Waals surface area contributed by atoms with Crippen LogP contribution in [-0.2, 0) is 16.0 Å². The lowest BCUT2D eigenvalue weighted by atomic mass is 9.93. The Kier molecular flexibility index (Phi) is 4.00. The molecule has 6 heteroatoms. The summed E-state index contributed by atoms with van der Waals surface area (Å²) in [5, 5.41) is 0. The highest BCUT2D eigenvalue weighted by Gasteiger charge is 2.30. The number of fused-ring (bicyclic) bond motifs is 1. The fourth-order valence-electron chi connectivity index (χ4n) is 3.12. The third-order valence-corrected chi connectivity index (χ3v) is 4.35. The molecule has 2 amide bonds. The van der Waals surface area contributed by atoms with Crippen molar-refractivity contribution in [2.24, 2.45) is 0 Å². The first-order valence-corrected chi connectivity index (χ1v) is 7.56. The Bertz CT molecular complexity index is 605. The summed E-state index contributed by atoms with van der Waals surface area (Å²) in [6.45, 7) is 3.45. The van der Waals surface area contributed by atoms with Crippen LogP contribution in [0.2, 0.25) is 0 Å². The average Bonchev–Trinajstić information content (AvgIpc) is 2.50. The number of cyclic esters (lactones) is 1. The Labute approximate surface area is 128 Å². The van der Waals surface area contributed by atoms with Crippen molar-refractivity contribution in [3.05, 3.63) is 35.1 Å². The van der Waals surface area contributed by atoms with Crippen LogP contribution in [0.3, 0.4) is 0 Å². The van der Waals surface area contributed by atoms with Gasteiger partial charge in [-0.1, -0.05) is 6.07 Å². The van der Waals surface area contributed by atoms with Gasteiger partial charge in [0.2, 0.25) is 5.91 Å². The lowest BCUT2D eigenvalue weighted by molar-refractivity contribution is -0.135. The number of nitrogens with zero attached hydrogens (tertiary/aromatic N) is 2. The molecule has 0 aliphatic carbocycles. The molecule has 1 aromatic carbocycles. The van der Waals surface area contributed by atoms with E-state index >= 15 is 0 Å². The Morgan fingerprint density at radius 3 is 3.00 bits per heavy atom. The van der Waals surface area contributed by atoms with Gasteiger partial charge in [-0.25, -0.2) is 9.18 Å². The van der Waals surface area contributed by atoms with Gasteiger partial charge in [0.05, 0.1) is 12.6 Å². The van der Waals surface area contributed by atoms with Crippen molar-refractivity contribution in [2.75, 3.05) is 26.2 Å². The number of amides is 2. The molecular weight excluding hydrogens is 287 g/mol. The molecule has 0 bridgehead atoms. The maximum Gasteiger partial charge on any atom is 0.410 e. The summed E-state index contributed by atoms with van der Waals surface area (Å²) in [6, 6.07) is 4.54. The van der Waals surface area contributed by atoms with E-state index in [-0.39, 0.29) is 24.3 Å². The van der Waals surface area contributed by atoms with Crippen LogP contribution >= 0.6 is 0 Å². The minimum atomic E-state index is -0.435. The summed E-state index contributed by atoms with van der Waals surface area (Å²) in [4.78, 5) is 27.3. The van der Waals surface area contributed by atoms with E-state index in [1.807, 2.05) is 6.92 Å². The molecule has 2 aliphatic heterocycles. The van der Waals surface area contributed by atoms with Crippen molar-refractivity contribution in [2.45, 2.75) is 25.8 Å². The van der Waals surface area contributed by atoms with E-state index in [1.165, 1.54) is 17.0 Å². The zero-order valence-electron chi connectivity index (χ0n) is 12.5. The summed E-state index contributed by atoms with van der Waals surface area (Å²) in [6.07, 6.45) is 1.01. The SMILES string of the molecule is C[C@H]1c2cc(F)ccc2CCN1C(=O)CN1CCCOC1=O. The van der Waals surface area contributed by atoms with Gasteiger partial charge in [-0.3, -0.25) is 9.69 Å². The Morgan fingerprint density at radius 2 is 2.23 bits per heavy atom. The Hall–Kier alpha value is -2.11. The Morgan fingerprint density at radius 1 is 1.41 bits per heavy atom. The van der Waals surface area contributed by atoms with Gasteiger partial charge in [0, 0.05) is 13.1 Å². The van der Waals surface area contributed by atoms with Crippen molar-refractivity contribution in [3.8, 4) is 0 Å². The van der Waals surface area contributed by atoms with Crippen molar-refractivity contribution < 1.29 is 18.7 Å². The van der Waals surface area contributed by atoms with Gasteiger partial charge in [-0.15, -0.1) is 0 Å². The molecule has 0 N–H and O–H groups in total. The number of hydrogen-bond donors (Lipinski definition) is 0. The molecule has 5 nitrogen and oxygen atoms in total. The molecule has 2 aliphatic rings. The quantitative estimate of drug-likeness (QED) is 0.841. The fraction of sp³-hybridized carbons (Fsp3) is 0.500. The van der Waals surface area contributed by atoms with Crippen molar-refractivity contribution in [1.82, 2.24) is 9.80 Å². The molecule has 2 heterocycles. The van der Waals surface area contributed by atoms with Crippen LogP contribution in [-0.4, -0.2) is 48.0 Å². The molecular formula is C16H19FN2O3. The molecule has 1 atom stereocenters. The van der Waals surface area contributed by atoms with E-state index < -0.39 is 6.09 Å². The van der Waals surface area contributed by atoms with Crippen LogP contribution in [0.25, 0.3) is 0 Å². The molecule has 0 unspecified atom stereocenters. The van der Waals surface area contributed by atoms with Gasteiger partial charge in [0.1, 0.15) is 12.4 Å². The van der Waals surface area contributed by atoms with Crippen LogP contribution in [0.15, 0.2) is 18.2 Å². The number of benzene rings is 1. The summed E-state index contributed by atoms with van der Waals surface area (Å²) in [5.41, 5.74) is 1.93. The highest BCUT2D eigenvalue weighted by Crippen LogP contribution is 2.30. The second-order valence-electron chi connectivity index (χ2n) is 5.75. The second kappa shape index (κ2) is 5.94. The van der Waals surface area contributed by atoms with Crippen LogP contribution < -0.4 is 0 Å². The molecule has 22 heavy (non-hydrogen) atoms. The largest absolute Gasteiger partial charge is 0.449 e. The predicted octanol–water partition coefficient (Wildman–Crippen LogP) is 2.11. The van der Waals surface area contributed by atoms with Gasteiger partial charge in [-0.2, -0.15) is 0 Å². The van der Waals surface area contributed by atoms with E-state index in [4.69, 9.17) is 4.74 Å². The van der Waals surface area contributed by atoms with E-state index in [2.05, 4.69) is 0 Å². The normalized spacial score (nSPS) is 21.4. The fourth-order valence-corrected chi connectivity index (χ4v) is 3.12. The van der Waals surface area contributed by atoms with Gasteiger partial charge in [0.25, 0.3) is 0 Å². The molecule has 1 aromatic rings. The van der Waals surface area contributed by atoms with Gasteiger partial charge in [-0.05, 0) is 43.0 Å². The minimum absolute atomic E-state index is 0.0216. The summed E-state index contributed by atoms with van der Waals surface area (Å²) in [5.74, 6) is -0.416. The number of rotatable bonds is 2. The van der Waals surface area contributed by atoms with E-state index in [0.717, 1.165) is 17.5 Å². The lowest BCUT2D eigenvalue weighted by Gasteiger charge is -2.37. The molecule has 0 aromatic heterocycles. The maximum atomic E-state index is 13.4. The molecule has 118 valence electrons. The topological polar surface area (TPSA) is 49.9 Å². The molecule has 3 rings (SSSR count). The molecule has 0 spiro atoms. The standard InChI is InChI=1S/C16H19FN2O3/c1-11-14-9-13(17)4-3-12(14)5-7-19(11)15(20)10-18-6-2-8-22-16(18)21/h3-4,9,11H,2,5-8,10H2,1H3/t11-/m0/s1. The third-order valence-electron chi connectivity index (χ3n) is 4.35. The van der Waals surface area contributed by atoms with Crippen LogP contribution in [0.1, 0.15) is 30.5 Å². The van der Waals surface area contributed by atoms with Crippen molar-refractivity contribution in [3.63, 3.8) is 0 Å². The predicted molar refractivity (Wildman–Crippen MR) is 77.8 cm³/mol. The maximum absolute atomic E-state index is 13.4. The average molecular weight is 306 g/mol. The van der Waals surface area contributed by atoms with E-state index in [9.17, 15) is 14.0 Å². The highest BCUT2D eigenvalue weighted by molar-refractivity contribution is 5.83. The van der Waals surface area contributed by atoms with Crippen molar-refractivity contribution >= 4 is 12.0 Å². The first-order valence-electron chi connectivity index (χ1n) is 7.56. The van der Waals surface area contributed by atoms with Gasteiger partial charge in [0.15, 0.2) is 0 Å². The zero-order valence-corrected chi connectivity index (χ0v) is 12.5. The molecule has 1 saturated heterocycles. The van der Waals surface area contributed by atoms with Crippen molar-refractivity contribution in [1.29, 1.82) is 0 Å². The number of carbonyl (C=O) groups is 2. The van der Waals surface area contributed by atoms with Crippen LogP contribution in [0.5, 0.6) is 0 Å². The number of carbonyl (C=O) groups excluding carboxylic acids is 2. The van der Waals surface area contributed by atoms with Gasteiger partial charge >= 0.3 is 6.09 Å². The number of halogens is 1. The third kappa shape index (κ3) is 2.77. The van der Waals surface area contributed by atoms with Crippen LogP contribution in [0, 0.1) is 5.82 Å². The smallest absolute Gasteiger partial charge is 0.410 e. The second-order valence-corrected chi connectivity index (χ2v) is 5.75. The first kappa shape index (κ1) is 14.8. The summed E-state index contributed by atoms with van der Waals surface area (Å²) in [7, 11) is 0. The van der Waals surface area contributed by atoms with E-state index in [0.29, 0.717) is 26.1 Å². The molecule has 0 radical (unpaired) electrons. The highest BCUT2D eigenvalue weighted by atomic mass is 19.1. The zero-order chi connectivity index (χ0) is 15.7. The lowest BCUT2D eigenvalue weighted by Crippen LogP contribution is -2.48. The molecule has 1 fully saturated rings.